The Labute approximate surface area is 140 Å². The van der Waals surface area contributed by atoms with E-state index >= 15 is 0 Å². The normalized spacial score (nSPS) is 13.8. The number of aromatic nitrogens is 2. The van der Waals surface area contributed by atoms with Crippen LogP contribution >= 0.6 is 0 Å². The molecule has 5 nitrogen and oxygen atoms in total. The number of pyridine rings is 1. The molecule has 122 valence electrons. The Kier molecular flexibility index (Phi) is 3.69. The van der Waals surface area contributed by atoms with Crippen molar-refractivity contribution in [2.24, 2.45) is 0 Å². The molecule has 0 saturated heterocycles. The second-order valence-corrected chi connectivity index (χ2v) is 5.92. The van der Waals surface area contributed by atoms with Crippen molar-refractivity contribution in [3.05, 3.63) is 70.1 Å². The molecule has 2 aromatic heterocycles. The van der Waals surface area contributed by atoms with Crippen LogP contribution in [0.1, 0.15) is 18.1 Å². The fraction of sp³-hybridized carbons (Fsp3) is 0.263. The van der Waals surface area contributed by atoms with Crippen molar-refractivity contribution >= 4 is 11.5 Å². The van der Waals surface area contributed by atoms with Crippen LogP contribution in [-0.2, 0) is 13.0 Å². The van der Waals surface area contributed by atoms with E-state index in [9.17, 15) is 4.79 Å². The molecular formula is C19H19N3O2. The molecule has 0 aliphatic carbocycles. The maximum absolute atomic E-state index is 12.3. The smallest absolute Gasteiger partial charge is 0.259 e. The summed E-state index contributed by atoms with van der Waals surface area (Å²) in [5, 5.41) is 0. The summed E-state index contributed by atoms with van der Waals surface area (Å²) in [6.45, 7) is 4.24. The standard InChI is InChI=1S/C19H19N3O2/c1-2-24-16-7-6-14-8-10-21(13-15(14)11-16)18-12-19(23)22-9-4-3-5-17(22)20-18/h3-7,9,11-12H,2,8,10,13H2,1H3. The minimum Gasteiger partial charge on any atom is -0.494 e. The highest BCUT2D eigenvalue weighted by atomic mass is 16.5. The van der Waals surface area contributed by atoms with Crippen molar-refractivity contribution in [1.29, 1.82) is 0 Å². The van der Waals surface area contributed by atoms with Crippen molar-refractivity contribution in [1.82, 2.24) is 9.38 Å². The highest BCUT2D eigenvalue weighted by Crippen LogP contribution is 2.26. The number of anilines is 1. The average molecular weight is 321 g/mol. The maximum Gasteiger partial charge on any atom is 0.259 e. The second kappa shape index (κ2) is 6.00. The molecule has 0 spiro atoms. The summed E-state index contributed by atoms with van der Waals surface area (Å²) in [5.74, 6) is 1.63. The first-order valence-electron chi connectivity index (χ1n) is 8.22. The molecule has 1 aromatic carbocycles. The summed E-state index contributed by atoms with van der Waals surface area (Å²) >= 11 is 0. The van der Waals surface area contributed by atoms with E-state index in [0.717, 1.165) is 31.1 Å². The maximum atomic E-state index is 12.3. The predicted octanol–water partition coefficient (Wildman–Crippen LogP) is 2.66. The molecule has 0 amide bonds. The molecule has 0 atom stereocenters. The molecule has 4 rings (SSSR count). The van der Waals surface area contributed by atoms with E-state index in [0.29, 0.717) is 12.3 Å². The Bertz CT molecular complexity index is 949. The van der Waals surface area contributed by atoms with Crippen LogP contribution in [0.2, 0.25) is 0 Å². The monoisotopic (exact) mass is 321 g/mol. The molecule has 0 fully saturated rings. The minimum absolute atomic E-state index is 0.0514. The highest BCUT2D eigenvalue weighted by Gasteiger charge is 2.19. The van der Waals surface area contributed by atoms with Crippen LogP contribution in [0, 0.1) is 0 Å². The molecule has 5 heteroatoms. The van der Waals surface area contributed by atoms with E-state index in [1.165, 1.54) is 11.1 Å². The Hall–Kier alpha value is -2.82. The minimum atomic E-state index is -0.0514. The molecular weight excluding hydrogens is 302 g/mol. The lowest BCUT2D eigenvalue weighted by atomic mass is 9.99. The van der Waals surface area contributed by atoms with E-state index in [1.807, 2.05) is 31.2 Å². The lowest BCUT2D eigenvalue weighted by Gasteiger charge is -2.30. The van der Waals surface area contributed by atoms with Crippen molar-refractivity contribution < 1.29 is 4.74 Å². The zero-order chi connectivity index (χ0) is 16.5. The largest absolute Gasteiger partial charge is 0.494 e. The number of benzene rings is 1. The van der Waals surface area contributed by atoms with Crippen LogP contribution < -0.4 is 15.2 Å². The zero-order valence-electron chi connectivity index (χ0n) is 13.6. The van der Waals surface area contributed by atoms with E-state index in [-0.39, 0.29) is 5.56 Å². The Balaban J connectivity index is 1.69. The van der Waals surface area contributed by atoms with Gasteiger partial charge in [0, 0.05) is 25.4 Å². The van der Waals surface area contributed by atoms with Gasteiger partial charge in [0.25, 0.3) is 5.56 Å². The lowest BCUT2D eigenvalue weighted by Crippen LogP contribution is -2.32. The Morgan fingerprint density at radius 2 is 2.08 bits per heavy atom. The van der Waals surface area contributed by atoms with Gasteiger partial charge in [0.05, 0.1) is 6.61 Å². The number of ether oxygens (including phenoxy) is 1. The number of nitrogens with zero attached hydrogens (tertiary/aromatic N) is 3. The molecule has 24 heavy (non-hydrogen) atoms. The second-order valence-electron chi connectivity index (χ2n) is 5.92. The number of hydrogen-bond donors (Lipinski definition) is 0. The first-order valence-corrected chi connectivity index (χ1v) is 8.22. The average Bonchev–Trinajstić information content (AvgIpc) is 2.61. The number of rotatable bonds is 3. The van der Waals surface area contributed by atoms with E-state index in [2.05, 4.69) is 22.0 Å². The fourth-order valence-electron chi connectivity index (χ4n) is 3.19. The van der Waals surface area contributed by atoms with E-state index in [1.54, 1.807) is 16.7 Å². The first kappa shape index (κ1) is 14.8. The molecule has 1 aliphatic rings. The van der Waals surface area contributed by atoms with Crippen LogP contribution in [0.25, 0.3) is 5.65 Å². The van der Waals surface area contributed by atoms with Crippen LogP contribution in [-0.4, -0.2) is 22.5 Å². The molecule has 0 bridgehead atoms. The highest BCUT2D eigenvalue weighted by molar-refractivity contribution is 5.51. The fourth-order valence-corrected chi connectivity index (χ4v) is 3.19. The molecule has 1 aliphatic heterocycles. The third-order valence-electron chi connectivity index (χ3n) is 4.38. The van der Waals surface area contributed by atoms with Crippen LogP contribution in [0.5, 0.6) is 5.75 Å². The molecule has 0 unspecified atom stereocenters. The molecule has 3 aromatic rings. The number of fused-ring (bicyclic) bond motifs is 2. The summed E-state index contributed by atoms with van der Waals surface area (Å²) < 4.78 is 7.17. The molecule has 0 radical (unpaired) electrons. The van der Waals surface area contributed by atoms with Crippen LogP contribution in [0.3, 0.4) is 0 Å². The van der Waals surface area contributed by atoms with Gasteiger partial charge >= 0.3 is 0 Å². The van der Waals surface area contributed by atoms with Gasteiger partial charge in [0.15, 0.2) is 0 Å². The van der Waals surface area contributed by atoms with Gasteiger partial charge in [-0.1, -0.05) is 12.1 Å². The topological polar surface area (TPSA) is 46.8 Å². The van der Waals surface area contributed by atoms with Crippen LogP contribution in [0.4, 0.5) is 5.82 Å². The predicted molar refractivity (Wildman–Crippen MR) is 93.8 cm³/mol. The quantitative estimate of drug-likeness (QED) is 0.744. The summed E-state index contributed by atoms with van der Waals surface area (Å²) in [6, 6.07) is 13.5. The third kappa shape index (κ3) is 2.62. The summed E-state index contributed by atoms with van der Waals surface area (Å²) in [5.41, 5.74) is 3.20. The molecule has 3 heterocycles. The number of hydrogen-bond acceptors (Lipinski definition) is 4. The van der Waals surface area contributed by atoms with Gasteiger partial charge in [-0.15, -0.1) is 0 Å². The lowest BCUT2D eigenvalue weighted by molar-refractivity contribution is 0.339. The Morgan fingerprint density at radius 1 is 1.17 bits per heavy atom. The molecule has 0 N–H and O–H groups in total. The molecule has 0 saturated carbocycles. The first-order chi connectivity index (χ1) is 11.7. The van der Waals surface area contributed by atoms with Gasteiger partial charge in [0.1, 0.15) is 17.2 Å². The van der Waals surface area contributed by atoms with Crippen LogP contribution in [0.15, 0.2) is 53.5 Å². The van der Waals surface area contributed by atoms with Gasteiger partial charge in [-0.2, -0.15) is 0 Å². The summed E-state index contributed by atoms with van der Waals surface area (Å²) in [6.07, 6.45) is 2.69. The van der Waals surface area contributed by atoms with E-state index < -0.39 is 0 Å². The van der Waals surface area contributed by atoms with E-state index in [4.69, 9.17) is 4.74 Å². The van der Waals surface area contributed by atoms with Crippen molar-refractivity contribution in [3.8, 4) is 5.75 Å². The Morgan fingerprint density at radius 3 is 2.96 bits per heavy atom. The van der Waals surface area contributed by atoms with Gasteiger partial charge in [-0.05, 0) is 48.7 Å². The van der Waals surface area contributed by atoms with Gasteiger partial charge in [0.2, 0.25) is 0 Å². The van der Waals surface area contributed by atoms with Crippen molar-refractivity contribution in [2.45, 2.75) is 19.9 Å². The SMILES string of the molecule is CCOc1ccc2c(c1)CN(c1cc(=O)n3ccccc3n1)CC2. The van der Waals surface area contributed by atoms with Crippen molar-refractivity contribution in [2.75, 3.05) is 18.1 Å². The third-order valence-corrected chi connectivity index (χ3v) is 4.38. The van der Waals surface area contributed by atoms with Crippen molar-refractivity contribution in [3.63, 3.8) is 0 Å². The van der Waals surface area contributed by atoms with Gasteiger partial charge in [-0.25, -0.2) is 4.98 Å². The summed E-state index contributed by atoms with van der Waals surface area (Å²) in [4.78, 5) is 19.1. The van der Waals surface area contributed by atoms with Gasteiger partial charge < -0.3 is 9.64 Å². The van der Waals surface area contributed by atoms with Gasteiger partial charge in [-0.3, -0.25) is 9.20 Å². The summed E-state index contributed by atoms with van der Waals surface area (Å²) in [7, 11) is 0. The zero-order valence-corrected chi connectivity index (χ0v) is 13.6.